The Hall–Kier alpha value is -4.04. The number of rotatable bonds is 5. The van der Waals surface area contributed by atoms with E-state index in [1.54, 1.807) is 55.8 Å². The van der Waals surface area contributed by atoms with E-state index in [9.17, 15) is 14.7 Å². The Morgan fingerprint density at radius 2 is 1.86 bits per heavy atom. The predicted octanol–water partition coefficient (Wildman–Crippen LogP) is 5.45. The highest BCUT2D eigenvalue weighted by atomic mass is 32.1. The van der Waals surface area contributed by atoms with E-state index >= 15 is 0 Å². The van der Waals surface area contributed by atoms with Crippen LogP contribution >= 0.6 is 11.3 Å². The Morgan fingerprint density at radius 3 is 2.51 bits per heavy atom. The van der Waals surface area contributed by atoms with Crippen LogP contribution in [0.2, 0.25) is 0 Å². The Morgan fingerprint density at radius 1 is 1.09 bits per heavy atom. The van der Waals surface area contributed by atoms with Crippen molar-refractivity contribution in [2.24, 2.45) is 0 Å². The smallest absolute Gasteiger partial charge is 0.301 e. The second kappa shape index (κ2) is 8.96. The number of fused-ring (bicyclic) bond motifs is 1. The van der Waals surface area contributed by atoms with Crippen LogP contribution in [0.4, 0.5) is 5.13 Å². The number of amides is 1. The molecule has 8 heteroatoms. The molecule has 3 heterocycles. The van der Waals surface area contributed by atoms with Crippen LogP contribution in [0.5, 0.6) is 5.75 Å². The van der Waals surface area contributed by atoms with Crippen molar-refractivity contribution in [2.75, 3.05) is 12.0 Å². The summed E-state index contributed by atoms with van der Waals surface area (Å²) in [6, 6.07) is 17.0. The number of carbonyl (C=O) groups excluding carboxylic acids is 2. The summed E-state index contributed by atoms with van der Waals surface area (Å²) in [7, 11) is 1.55. The SMILES string of the molecule is COc1ccc(/C(O)=C2\C(=O)C(=O)N(c3nc4ccc(C(C)C)cc4s3)C2c2ccccn2)cc1. The minimum absolute atomic E-state index is 0.0269. The van der Waals surface area contributed by atoms with E-state index in [0.717, 1.165) is 15.8 Å². The van der Waals surface area contributed by atoms with Gasteiger partial charge in [0, 0.05) is 11.8 Å². The minimum atomic E-state index is -0.913. The lowest BCUT2D eigenvalue weighted by Gasteiger charge is -2.21. The lowest BCUT2D eigenvalue weighted by atomic mass is 9.98. The molecular formula is C27H23N3O4S. The number of pyridine rings is 1. The highest BCUT2D eigenvalue weighted by Gasteiger charge is 2.48. The molecule has 5 rings (SSSR count). The Kier molecular flexibility index (Phi) is 5.82. The van der Waals surface area contributed by atoms with E-state index < -0.39 is 17.7 Å². The molecule has 2 aromatic carbocycles. The summed E-state index contributed by atoms with van der Waals surface area (Å²) in [6.45, 7) is 4.23. The number of carbonyl (C=O) groups is 2. The molecule has 0 aliphatic carbocycles. The van der Waals surface area contributed by atoms with Gasteiger partial charge in [-0.2, -0.15) is 0 Å². The van der Waals surface area contributed by atoms with E-state index in [1.807, 2.05) is 12.1 Å². The van der Waals surface area contributed by atoms with Gasteiger partial charge in [0.25, 0.3) is 5.78 Å². The van der Waals surface area contributed by atoms with Crippen LogP contribution in [0.15, 0.2) is 72.4 Å². The number of hydrogen-bond donors (Lipinski definition) is 1. The summed E-state index contributed by atoms with van der Waals surface area (Å²) < 4.78 is 6.11. The van der Waals surface area contributed by atoms with Crippen molar-refractivity contribution in [1.82, 2.24) is 9.97 Å². The fraction of sp³-hybridized carbons (Fsp3) is 0.185. The maximum atomic E-state index is 13.3. The van der Waals surface area contributed by atoms with Gasteiger partial charge in [-0.15, -0.1) is 0 Å². The van der Waals surface area contributed by atoms with E-state index in [4.69, 9.17) is 4.74 Å². The van der Waals surface area contributed by atoms with Crippen LogP contribution in [-0.4, -0.2) is 33.9 Å². The van der Waals surface area contributed by atoms with Gasteiger partial charge in [0.15, 0.2) is 5.13 Å². The molecule has 7 nitrogen and oxygen atoms in total. The predicted molar refractivity (Wildman–Crippen MR) is 136 cm³/mol. The van der Waals surface area contributed by atoms with Gasteiger partial charge in [-0.05, 0) is 60.0 Å². The van der Waals surface area contributed by atoms with Gasteiger partial charge in [0.1, 0.15) is 17.6 Å². The maximum absolute atomic E-state index is 13.3. The first kappa shape index (κ1) is 22.7. The van der Waals surface area contributed by atoms with Crippen molar-refractivity contribution in [2.45, 2.75) is 25.8 Å². The quantitative estimate of drug-likeness (QED) is 0.230. The van der Waals surface area contributed by atoms with Crippen LogP contribution in [-0.2, 0) is 9.59 Å². The molecule has 1 aliphatic rings. The average molecular weight is 486 g/mol. The third-order valence-electron chi connectivity index (χ3n) is 6.05. The lowest BCUT2D eigenvalue weighted by Crippen LogP contribution is -2.29. The average Bonchev–Trinajstić information content (AvgIpc) is 3.41. The van der Waals surface area contributed by atoms with Gasteiger partial charge in [0.05, 0.1) is 28.6 Å². The minimum Gasteiger partial charge on any atom is -0.507 e. The molecule has 0 radical (unpaired) electrons. The molecule has 1 atom stereocenters. The molecule has 4 aromatic rings. The molecule has 0 spiro atoms. The highest BCUT2D eigenvalue weighted by Crippen LogP contribution is 2.44. The number of nitrogens with zero attached hydrogens (tertiary/aromatic N) is 3. The number of Topliss-reactive ketones (excluding diaryl/α,β-unsaturated/α-hetero) is 1. The summed E-state index contributed by atoms with van der Waals surface area (Å²) >= 11 is 1.34. The fourth-order valence-electron chi connectivity index (χ4n) is 4.14. The van der Waals surface area contributed by atoms with E-state index in [1.165, 1.54) is 16.2 Å². The normalized spacial score (nSPS) is 17.5. The lowest BCUT2D eigenvalue weighted by molar-refractivity contribution is -0.132. The number of ketones is 1. The van der Waals surface area contributed by atoms with Crippen LogP contribution in [0.3, 0.4) is 0 Å². The van der Waals surface area contributed by atoms with Crippen molar-refractivity contribution < 1.29 is 19.4 Å². The van der Waals surface area contributed by atoms with Crippen molar-refractivity contribution >= 4 is 44.1 Å². The second-order valence-corrected chi connectivity index (χ2v) is 9.54. The number of ether oxygens (including phenoxy) is 1. The van der Waals surface area contributed by atoms with Crippen molar-refractivity contribution in [1.29, 1.82) is 0 Å². The summed E-state index contributed by atoms with van der Waals surface area (Å²) in [5.74, 6) is -0.849. The zero-order valence-electron chi connectivity index (χ0n) is 19.4. The molecule has 176 valence electrons. The van der Waals surface area contributed by atoms with Crippen LogP contribution in [0, 0.1) is 0 Å². The van der Waals surface area contributed by atoms with Gasteiger partial charge in [-0.3, -0.25) is 19.5 Å². The molecule has 0 saturated carbocycles. The van der Waals surface area contributed by atoms with Crippen molar-refractivity contribution in [3.05, 3.63) is 89.3 Å². The summed E-state index contributed by atoms with van der Waals surface area (Å²) in [6.07, 6.45) is 1.59. The first-order chi connectivity index (χ1) is 16.9. The second-order valence-electron chi connectivity index (χ2n) is 8.53. The Balaban J connectivity index is 1.68. The molecule has 2 aromatic heterocycles. The number of aromatic nitrogens is 2. The van der Waals surface area contributed by atoms with Gasteiger partial charge < -0.3 is 9.84 Å². The first-order valence-corrected chi connectivity index (χ1v) is 12.0. The molecular weight excluding hydrogens is 462 g/mol. The summed E-state index contributed by atoms with van der Waals surface area (Å²) in [4.78, 5) is 37.1. The van der Waals surface area contributed by atoms with E-state index in [-0.39, 0.29) is 11.3 Å². The zero-order chi connectivity index (χ0) is 24.7. The number of benzene rings is 2. The number of aliphatic hydroxyl groups excluding tert-OH is 1. The molecule has 1 saturated heterocycles. The van der Waals surface area contributed by atoms with E-state index in [0.29, 0.717) is 28.1 Å². The largest absolute Gasteiger partial charge is 0.507 e. The molecule has 1 unspecified atom stereocenters. The molecule has 1 fully saturated rings. The summed E-state index contributed by atoms with van der Waals surface area (Å²) in [5, 5.41) is 11.6. The van der Waals surface area contributed by atoms with Gasteiger partial charge >= 0.3 is 5.91 Å². The van der Waals surface area contributed by atoms with Gasteiger partial charge in [-0.25, -0.2) is 4.98 Å². The zero-order valence-corrected chi connectivity index (χ0v) is 20.2. The molecule has 1 N–H and O–H groups in total. The van der Waals surface area contributed by atoms with Crippen molar-refractivity contribution in [3.63, 3.8) is 0 Å². The Labute approximate surface area is 206 Å². The van der Waals surface area contributed by atoms with Gasteiger partial charge in [0.2, 0.25) is 0 Å². The van der Waals surface area contributed by atoms with Crippen LogP contribution in [0.25, 0.3) is 16.0 Å². The number of anilines is 1. The molecule has 1 aliphatic heterocycles. The molecule has 0 bridgehead atoms. The molecule has 1 amide bonds. The van der Waals surface area contributed by atoms with E-state index in [2.05, 4.69) is 29.9 Å². The topological polar surface area (TPSA) is 92.6 Å². The third-order valence-corrected chi connectivity index (χ3v) is 7.07. The monoisotopic (exact) mass is 485 g/mol. The Bertz CT molecular complexity index is 1460. The van der Waals surface area contributed by atoms with Crippen LogP contribution < -0.4 is 9.64 Å². The van der Waals surface area contributed by atoms with Crippen LogP contribution in [0.1, 0.15) is 42.6 Å². The van der Waals surface area contributed by atoms with Crippen molar-refractivity contribution in [3.8, 4) is 5.75 Å². The summed E-state index contributed by atoms with van der Waals surface area (Å²) in [5.41, 5.74) is 2.74. The number of methoxy groups -OCH3 is 1. The number of thiazole rings is 1. The molecule has 35 heavy (non-hydrogen) atoms. The third kappa shape index (κ3) is 3.95. The standard InChI is InChI=1S/C27H23N3O4S/c1-15(2)17-9-12-19-21(14-17)35-27(29-19)30-23(20-6-4-5-13-28-20)22(25(32)26(30)33)24(31)16-7-10-18(34-3)11-8-16/h4-15,23,31H,1-3H3/b24-22+. The number of hydrogen-bond acceptors (Lipinski definition) is 7. The maximum Gasteiger partial charge on any atom is 0.301 e. The first-order valence-electron chi connectivity index (χ1n) is 11.2. The van der Waals surface area contributed by atoms with Gasteiger partial charge in [-0.1, -0.05) is 37.3 Å². The fourth-order valence-corrected chi connectivity index (χ4v) is 5.18. The highest BCUT2D eigenvalue weighted by molar-refractivity contribution is 7.22. The number of aliphatic hydroxyl groups is 1.